The number of rotatable bonds is 7. The minimum atomic E-state index is -0.463. The van der Waals surface area contributed by atoms with Gasteiger partial charge in [0, 0.05) is 74.5 Å². The molecule has 0 spiro atoms. The van der Waals surface area contributed by atoms with E-state index in [-0.39, 0.29) is 0 Å². The topological polar surface area (TPSA) is 89.0 Å². The third-order valence-corrected chi connectivity index (χ3v) is 9.42. The van der Waals surface area contributed by atoms with Gasteiger partial charge in [0.2, 0.25) is 5.95 Å². The number of ether oxygens (including phenoxy) is 1. The van der Waals surface area contributed by atoms with Gasteiger partial charge < -0.3 is 30.3 Å². The van der Waals surface area contributed by atoms with Crippen LogP contribution >= 0.6 is 15.9 Å². The molecule has 41 heavy (non-hydrogen) atoms. The lowest BCUT2D eigenvalue weighted by atomic mass is 10.0. The minimum absolute atomic E-state index is 0.460. The largest absolute Gasteiger partial charge is 0.494 e. The van der Waals surface area contributed by atoms with Crippen molar-refractivity contribution in [2.75, 3.05) is 69.0 Å². The number of likely N-dealkylation sites (N-methyl/N-ethyl adjacent to an activating group) is 1. The molecule has 3 heterocycles. The maximum Gasteiger partial charge on any atom is 0.229 e. The third-order valence-electron chi connectivity index (χ3n) is 8.84. The number of nitrogens with one attached hydrogen (secondary N) is 2. The quantitative estimate of drug-likeness (QED) is 0.328. The van der Waals surface area contributed by atoms with Gasteiger partial charge in [0.05, 0.1) is 23.4 Å². The number of methoxy groups -OCH3 is 1. The van der Waals surface area contributed by atoms with Gasteiger partial charge in [-0.05, 0) is 78.8 Å². The number of benzene rings is 2. The standard InChI is InChI=1S/C31H40BrN7O2/c1-20-17-25(28(41-3)18-26(20)39-11-9-22(10-12-39)38-15-13-37(2)14-16-38)35-31-33-19-23(32)30(36-31)34-24-6-4-5-21-7-8-27(40)29(21)24/h4-6,17-19,22,27,40H,7-16H2,1-3H3,(H2,33,34,35,36). The van der Waals surface area contributed by atoms with E-state index in [0.29, 0.717) is 17.8 Å². The number of fused-ring (bicyclic) bond motifs is 1. The summed E-state index contributed by atoms with van der Waals surface area (Å²) in [5, 5.41) is 17.3. The van der Waals surface area contributed by atoms with Crippen LogP contribution in [0.1, 0.15) is 42.1 Å². The SMILES string of the molecule is COc1cc(N2CCC(N3CCN(C)CC3)CC2)c(C)cc1Nc1ncc(Br)c(Nc2cccc3c2C(O)CC3)n1. The van der Waals surface area contributed by atoms with Gasteiger partial charge in [-0.25, -0.2) is 4.98 Å². The predicted octanol–water partition coefficient (Wildman–Crippen LogP) is 5.24. The molecule has 2 aromatic carbocycles. The lowest BCUT2D eigenvalue weighted by molar-refractivity contribution is 0.0982. The number of piperazine rings is 1. The van der Waals surface area contributed by atoms with Gasteiger partial charge in [-0.3, -0.25) is 4.90 Å². The van der Waals surface area contributed by atoms with E-state index in [4.69, 9.17) is 9.72 Å². The lowest BCUT2D eigenvalue weighted by Crippen LogP contribution is -2.52. The molecule has 1 atom stereocenters. The molecule has 1 unspecified atom stereocenters. The van der Waals surface area contributed by atoms with Crippen LogP contribution in [0.3, 0.4) is 0 Å². The molecule has 0 amide bonds. The van der Waals surface area contributed by atoms with Crippen LogP contribution in [0, 0.1) is 6.92 Å². The number of aromatic nitrogens is 2. The van der Waals surface area contributed by atoms with Gasteiger partial charge in [0.15, 0.2) is 0 Å². The van der Waals surface area contributed by atoms with Crippen molar-refractivity contribution >= 4 is 44.8 Å². The minimum Gasteiger partial charge on any atom is -0.494 e. The van der Waals surface area contributed by atoms with E-state index in [1.807, 2.05) is 12.1 Å². The number of nitrogens with zero attached hydrogens (tertiary/aromatic N) is 5. The van der Waals surface area contributed by atoms with E-state index in [9.17, 15) is 5.11 Å². The van der Waals surface area contributed by atoms with Crippen LogP contribution in [0.2, 0.25) is 0 Å². The fourth-order valence-electron chi connectivity index (χ4n) is 6.48. The maximum atomic E-state index is 10.5. The molecule has 2 fully saturated rings. The van der Waals surface area contributed by atoms with Crippen LogP contribution < -0.4 is 20.3 Å². The van der Waals surface area contributed by atoms with Crippen molar-refractivity contribution in [3.8, 4) is 5.75 Å². The average molecular weight is 623 g/mol. The van der Waals surface area contributed by atoms with Gasteiger partial charge in [-0.2, -0.15) is 4.98 Å². The number of piperidine rings is 1. The molecule has 0 bridgehead atoms. The second-order valence-electron chi connectivity index (χ2n) is 11.5. The highest BCUT2D eigenvalue weighted by molar-refractivity contribution is 9.10. The number of hydrogen-bond acceptors (Lipinski definition) is 9. The van der Waals surface area contributed by atoms with Crippen LogP contribution in [0.25, 0.3) is 0 Å². The summed E-state index contributed by atoms with van der Waals surface area (Å²) in [7, 11) is 3.92. The number of aliphatic hydroxyl groups is 1. The average Bonchev–Trinajstić information content (AvgIpc) is 3.37. The summed E-state index contributed by atoms with van der Waals surface area (Å²) in [6.07, 6.45) is 5.28. The molecule has 2 aliphatic heterocycles. The fraction of sp³-hybridized carbons (Fsp3) is 0.484. The zero-order valence-electron chi connectivity index (χ0n) is 24.2. The number of hydrogen-bond donors (Lipinski definition) is 3. The molecule has 3 N–H and O–H groups in total. The Morgan fingerprint density at radius 1 is 1.00 bits per heavy atom. The van der Waals surface area contributed by atoms with Crippen LogP contribution in [-0.2, 0) is 6.42 Å². The van der Waals surface area contributed by atoms with Crippen molar-refractivity contribution in [3.63, 3.8) is 0 Å². The molecule has 0 saturated carbocycles. The van der Waals surface area contributed by atoms with E-state index in [0.717, 1.165) is 53.1 Å². The summed E-state index contributed by atoms with van der Waals surface area (Å²) < 4.78 is 6.57. The fourth-order valence-corrected chi connectivity index (χ4v) is 6.77. The van der Waals surface area contributed by atoms with Crippen molar-refractivity contribution in [3.05, 3.63) is 57.7 Å². The zero-order chi connectivity index (χ0) is 28.5. The first-order valence-electron chi connectivity index (χ1n) is 14.6. The van der Waals surface area contributed by atoms with E-state index < -0.39 is 6.10 Å². The number of halogens is 1. The Labute approximate surface area is 251 Å². The van der Waals surface area contributed by atoms with Crippen LogP contribution in [-0.4, -0.2) is 84.3 Å². The first-order valence-corrected chi connectivity index (χ1v) is 15.4. The second kappa shape index (κ2) is 12.1. The van der Waals surface area contributed by atoms with E-state index in [1.165, 1.54) is 55.8 Å². The first kappa shape index (κ1) is 28.2. The second-order valence-corrected chi connectivity index (χ2v) is 12.3. The van der Waals surface area contributed by atoms with Gasteiger partial charge in [0.1, 0.15) is 11.6 Å². The Balaban J connectivity index is 1.16. The summed E-state index contributed by atoms with van der Waals surface area (Å²) in [4.78, 5) is 16.9. The highest BCUT2D eigenvalue weighted by atomic mass is 79.9. The molecule has 2 saturated heterocycles. The Morgan fingerprint density at radius 2 is 1.78 bits per heavy atom. The van der Waals surface area contributed by atoms with Crippen LogP contribution in [0.4, 0.5) is 28.8 Å². The maximum absolute atomic E-state index is 10.5. The Bertz CT molecular complexity index is 1390. The lowest BCUT2D eigenvalue weighted by Gasteiger charge is -2.43. The zero-order valence-corrected chi connectivity index (χ0v) is 25.7. The third kappa shape index (κ3) is 6.02. The molecule has 10 heteroatoms. The smallest absolute Gasteiger partial charge is 0.229 e. The van der Waals surface area contributed by atoms with Crippen molar-refractivity contribution < 1.29 is 9.84 Å². The van der Waals surface area contributed by atoms with E-state index in [1.54, 1.807) is 13.3 Å². The highest BCUT2D eigenvalue weighted by Gasteiger charge is 2.28. The van der Waals surface area contributed by atoms with E-state index >= 15 is 0 Å². The Morgan fingerprint density at radius 3 is 2.54 bits per heavy atom. The summed E-state index contributed by atoms with van der Waals surface area (Å²) in [6, 6.07) is 11.0. The van der Waals surface area contributed by atoms with Crippen molar-refractivity contribution in [2.45, 2.75) is 44.8 Å². The molecular weight excluding hydrogens is 582 g/mol. The normalized spacial score (nSPS) is 20.2. The molecule has 3 aromatic rings. The first-order chi connectivity index (χ1) is 19.9. The summed E-state index contributed by atoms with van der Waals surface area (Å²) >= 11 is 3.58. The summed E-state index contributed by atoms with van der Waals surface area (Å²) in [5.41, 5.74) is 6.23. The Hall–Kier alpha value is -2.92. The number of aryl methyl sites for hydroxylation is 2. The van der Waals surface area contributed by atoms with Gasteiger partial charge in [-0.15, -0.1) is 0 Å². The van der Waals surface area contributed by atoms with Gasteiger partial charge in [0.25, 0.3) is 0 Å². The molecule has 1 aromatic heterocycles. The van der Waals surface area contributed by atoms with Gasteiger partial charge >= 0.3 is 0 Å². The van der Waals surface area contributed by atoms with Crippen molar-refractivity contribution in [2.24, 2.45) is 0 Å². The molecule has 0 radical (unpaired) electrons. The molecule has 3 aliphatic rings. The Kier molecular flexibility index (Phi) is 8.35. The highest BCUT2D eigenvalue weighted by Crippen LogP contribution is 2.39. The molecule has 9 nitrogen and oxygen atoms in total. The molecule has 6 rings (SSSR count). The monoisotopic (exact) mass is 621 g/mol. The van der Waals surface area contributed by atoms with Gasteiger partial charge in [-0.1, -0.05) is 12.1 Å². The van der Waals surface area contributed by atoms with Crippen molar-refractivity contribution in [1.82, 2.24) is 19.8 Å². The molecule has 218 valence electrons. The number of anilines is 5. The van der Waals surface area contributed by atoms with Crippen LogP contribution in [0.15, 0.2) is 41.0 Å². The van der Waals surface area contributed by atoms with Crippen LogP contribution in [0.5, 0.6) is 5.75 Å². The summed E-state index contributed by atoms with van der Waals surface area (Å²) in [6.45, 7) is 8.96. The molecule has 1 aliphatic carbocycles. The van der Waals surface area contributed by atoms with Crippen molar-refractivity contribution in [1.29, 1.82) is 0 Å². The molecular formula is C31H40BrN7O2. The van der Waals surface area contributed by atoms with E-state index in [2.05, 4.69) is 78.4 Å². The summed E-state index contributed by atoms with van der Waals surface area (Å²) in [5.74, 6) is 1.85. The number of aliphatic hydroxyl groups excluding tert-OH is 1. The predicted molar refractivity (Wildman–Crippen MR) is 168 cm³/mol.